The minimum atomic E-state index is -0.549. The Bertz CT molecular complexity index is 1670. The standard InChI is InChI=1S/C27H17ClN6O4/c28-19-3-1-2-17(10-19)16-37-26-5-4-20(15-32-26)33-27-18(13-29)14-31-23-12-25(24(34(35)36)11-22(23)27)38-21-6-8-30-9-7-21/h1-12,14-15H,16H2,(H,31,33). The quantitative estimate of drug-likeness (QED) is 0.176. The number of hydrogen-bond acceptors (Lipinski definition) is 9. The van der Waals surface area contributed by atoms with Gasteiger partial charge in [0.05, 0.1) is 33.6 Å². The third-order valence-corrected chi connectivity index (χ3v) is 5.66. The highest BCUT2D eigenvalue weighted by Crippen LogP contribution is 2.38. The number of anilines is 2. The second kappa shape index (κ2) is 10.8. The highest BCUT2D eigenvalue weighted by atomic mass is 35.5. The summed E-state index contributed by atoms with van der Waals surface area (Å²) in [6.07, 6.45) is 5.96. The summed E-state index contributed by atoms with van der Waals surface area (Å²) in [7, 11) is 0. The molecular formula is C27H17ClN6O4. The summed E-state index contributed by atoms with van der Waals surface area (Å²) < 4.78 is 11.4. The van der Waals surface area contributed by atoms with Crippen LogP contribution in [0, 0.1) is 21.4 Å². The topological polar surface area (TPSA) is 136 Å². The van der Waals surface area contributed by atoms with Crippen LogP contribution in [0.25, 0.3) is 10.9 Å². The molecule has 0 fully saturated rings. The monoisotopic (exact) mass is 524 g/mol. The number of nitriles is 1. The molecule has 186 valence electrons. The average molecular weight is 525 g/mol. The zero-order valence-corrected chi connectivity index (χ0v) is 20.3. The third-order valence-electron chi connectivity index (χ3n) is 5.42. The molecule has 2 aromatic carbocycles. The highest BCUT2D eigenvalue weighted by Gasteiger charge is 2.21. The Morgan fingerprint density at radius 2 is 1.89 bits per heavy atom. The van der Waals surface area contributed by atoms with Crippen LogP contribution in [-0.4, -0.2) is 19.9 Å². The number of fused-ring (bicyclic) bond motifs is 1. The van der Waals surface area contributed by atoms with Gasteiger partial charge >= 0.3 is 5.69 Å². The van der Waals surface area contributed by atoms with E-state index in [1.54, 1.807) is 30.3 Å². The number of ether oxygens (including phenoxy) is 2. The number of nitrogens with zero attached hydrogens (tertiary/aromatic N) is 5. The van der Waals surface area contributed by atoms with Crippen LogP contribution in [0.15, 0.2) is 85.5 Å². The number of benzene rings is 2. The van der Waals surface area contributed by atoms with E-state index in [-0.39, 0.29) is 17.0 Å². The molecule has 3 heterocycles. The maximum absolute atomic E-state index is 11.9. The van der Waals surface area contributed by atoms with Gasteiger partial charge in [0.25, 0.3) is 0 Å². The summed E-state index contributed by atoms with van der Waals surface area (Å²) in [5.74, 6) is 0.794. The molecule has 0 radical (unpaired) electrons. The molecule has 11 heteroatoms. The molecule has 0 spiro atoms. The van der Waals surface area contributed by atoms with E-state index in [2.05, 4.69) is 26.3 Å². The molecule has 0 aliphatic carbocycles. The number of hydrogen-bond donors (Lipinski definition) is 1. The van der Waals surface area contributed by atoms with Gasteiger partial charge in [-0.1, -0.05) is 23.7 Å². The van der Waals surface area contributed by atoms with Crippen molar-refractivity contribution in [3.05, 3.63) is 112 Å². The SMILES string of the molecule is N#Cc1cnc2cc(Oc3ccncc3)c([N+](=O)[O-])cc2c1Nc1ccc(OCc2cccc(Cl)c2)nc1. The molecule has 5 aromatic rings. The van der Waals surface area contributed by atoms with Crippen LogP contribution >= 0.6 is 11.6 Å². The predicted octanol–water partition coefficient (Wildman–Crippen LogP) is 6.57. The first-order valence-corrected chi connectivity index (χ1v) is 11.6. The van der Waals surface area contributed by atoms with Crippen molar-refractivity contribution in [2.75, 3.05) is 5.32 Å². The van der Waals surface area contributed by atoms with Gasteiger partial charge in [-0.05, 0) is 35.9 Å². The largest absolute Gasteiger partial charge is 0.473 e. The van der Waals surface area contributed by atoms with Crippen LogP contribution in [0.4, 0.5) is 17.1 Å². The Kier molecular flexibility index (Phi) is 6.93. The van der Waals surface area contributed by atoms with Gasteiger partial charge < -0.3 is 14.8 Å². The first-order chi connectivity index (χ1) is 18.5. The molecule has 0 bridgehead atoms. The fourth-order valence-electron chi connectivity index (χ4n) is 3.65. The van der Waals surface area contributed by atoms with E-state index in [4.69, 9.17) is 21.1 Å². The molecule has 0 atom stereocenters. The molecule has 0 aliphatic heterocycles. The number of rotatable bonds is 8. The fraction of sp³-hybridized carbons (Fsp3) is 0.0370. The second-order valence-corrected chi connectivity index (χ2v) is 8.40. The molecule has 0 amide bonds. The van der Waals surface area contributed by atoms with Crippen LogP contribution in [0.2, 0.25) is 5.02 Å². The lowest BCUT2D eigenvalue weighted by molar-refractivity contribution is -0.385. The number of nitro groups is 1. The molecule has 3 aromatic heterocycles. The maximum Gasteiger partial charge on any atom is 0.312 e. The summed E-state index contributed by atoms with van der Waals surface area (Å²) in [5, 5.41) is 25.7. The molecule has 0 unspecified atom stereocenters. The van der Waals surface area contributed by atoms with Crippen LogP contribution in [0.5, 0.6) is 17.4 Å². The van der Waals surface area contributed by atoms with Gasteiger partial charge in [-0.15, -0.1) is 0 Å². The van der Waals surface area contributed by atoms with Crippen molar-refractivity contribution in [3.63, 3.8) is 0 Å². The Labute approximate surface area is 221 Å². The van der Waals surface area contributed by atoms with Crippen molar-refractivity contribution in [3.8, 4) is 23.4 Å². The zero-order chi connectivity index (χ0) is 26.5. The van der Waals surface area contributed by atoms with E-state index in [1.165, 1.54) is 36.9 Å². The number of halogens is 1. The van der Waals surface area contributed by atoms with Crippen LogP contribution < -0.4 is 14.8 Å². The van der Waals surface area contributed by atoms with E-state index in [0.717, 1.165) is 5.56 Å². The normalized spacial score (nSPS) is 10.5. The lowest BCUT2D eigenvalue weighted by atomic mass is 10.1. The van der Waals surface area contributed by atoms with Crippen molar-refractivity contribution in [2.24, 2.45) is 0 Å². The van der Waals surface area contributed by atoms with E-state index < -0.39 is 4.92 Å². The Hall–Kier alpha value is -5.27. The summed E-state index contributed by atoms with van der Waals surface area (Å²) in [4.78, 5) is 23.9. The van der Waals surface area contributed by atoms with Gasteiger partial charge in [0.15, 0.2) is 0 Å². The Balaban J connectivity index is 1.44. The summed E-state index contributed by atoms with van der Waals surface area (Å²) >= 11 is 6.01. The minimum Gasteiger partial charge on any atom is -0.473 e. The number of pyridine rings is 3. The lowest BCUT2D eigenvalue weighted by Gasteiger charge is -2.13. The molecule has 1 N–H and O–H groups in total. The van der Waals surface area contributed by atoms with Crippen molar-refractivity contribution in [1.82, 2.24) is 15.0 Å². The van der Waals surface area contributed by atoms with Gasteiger partial charge in [-0.2, -0.15) is 5.26 Å². The summed E-state index contributed by atoms with van der Waals surface area (Å²) in [6, 6.07) is 18.8. The predicted molar refractivity (Wildman–Crippen MR) is 141 cm³/mol. The Morgan fingerprint density at radius 3 is 2.61 bits per heavy atom. The number of nitrogens with one attached hydrogen (secondary N) is 1. The minimum absolute atomic E-state index is 0.0136. The fourth-order valence-corrected chi connectivity index (χ4v) is 3.87. The van der Waals surface area contributed by atoms with Crippen molar-refractivity contribution >= 4 is 39.6 Å². The van der Waals surface area contributed by atoms with E-state index >= 15 is 0 Å². The number of aromatic nitrogens is 3. The van der Waals surface area contributed by atoms with Crippen LogP contribution in [-0.2, 0) is 6.61 Å². The van der Waals surface area contributed by atoms with Gasteiger partial charge in [0.2, 0.25) is 11.6 Å². The maximum atomic E-state index is 11.9. The van der Waals surface area contributed by atoms with Crippen molar-refractivity contribution < 1.29 is 14.4 Å². The molecule has 38 heavy (non-hydrogen) atoms. The lowest BCUT2D eigenvalue weighted by Crippen LogP contribution is -2.01. The van der Waals surface area contributed by atoms with Crippen LogP contribution in [0.1, 0.15) is 11.1 Å². The number of nitro benzene ring substituents is 1. The van der Waals surface area contributed by atoms with Crippen molar-refractivity contribution in [1.29, 1.82) is 5.26 Å². The third kappa shape index (κ3) is 5.43. The average Bonchev–Trinajstić information content (AvgIpc) is 2.93. The molecule has 0 saturated heterocycles. The zero-order valence-electron chi connectivity index (χ0n) is 19.5. The van der Waals surface area contributed by atoms with Gasteiger partial charge in [-0.3, -0.25) is 20.1 Å². The van der Waals surface area contributed by atoms with E-state index in [1.807, 2.05) is 18.2 Å². The van der Waals surface area contributed by atoms with Crippen LogP contribution in [0.3, 0.4) is 0 Å². The summed E-state index contributed by atoms with van der Waals surface area (Å²) in [6.45, 7) is 0.293. The first-order valence-electron chi connectivity index (χ1n) is 11.2. The van der Waals surface area contributed by atoms with Gasteiger partial charge in [-0.25, -0.2) is 4.98 Å². The molecule has 0 aliphatic rings. The summed E-state index contributed by atoms with van der Waals surface area (Å²) in [5.41, 5.74) is 2.12. The second-order valence-electron chi connectivity index (χ2n) is 7.97. The van der Waals surface area contributed by atoms with Crippen molar-refractivity contribution in [2.45, 2.75) is 6.61 Å². The molecule has 0 saturated carbocycles. The molecule has 10 nitrogen and oxygen atoms in total. The van der Waals surface area contributed by atoms with Gasteiger partial charge in [0, 0.05) is 47.2 Å². The van der Waals surface area contributed by atoms with E-state index in [9.17, 15) is 15.4 Å². The molecule has 5 rings (SSSR count). The Morgan fingerprint density at radius 1 is 1.05 bits per heavy atom. The van der Waals surface area contributed by atoms with E-state index in [0.29, 0.717) is 45.5 Å². The smallest absolute Gasteiger partial charge is 0.312 e. The first kappa shape index (κ1) is 24.4. The van der Waals surface area contributed by atoms with Gasteiger partial charge in [0.1, 0.15) is 18.4 Å². The highest BCUT2D eigenvalue weighted by molar-refractivity contribution is 6.30. The molecular weight excluding hydrogens is 508 g/mol.